The molecule has 11 aromatic rings. The Balaban J connectivity index is 0.000000283. The third-order valence-electron chi connectivity index (χ3n) is 10.9. The largest absolute Gasteiger partial charge is 0.452 e. The van der Waals surface area contributed by atoms with E-state index in [1.165, 1.54) is 43.8 Å². The average Bonchev–Trinajstić information content (AvgIpc) is 3.91. The lowest BCUT2D eigenvalue weighted by Crippen LogP contribution is -1.90. The van der Waals surface area contributed by atoms with Gasteiger partial charge in [0.15, 0.2) is 11.2 Å². The number of aryl methyl sites for hydroxylation is 1. The standard InChI is InChI=1S/C44H26O2.C7H8.C5H8.C4H6/c1-3-12-27(13-4-1)30-20-11-21-36-38-25-24-37-31-23-22-29(26-39(31)45-43(37)44(38)46-42(30)36)41-34-18-9-7-16-32(34)40(28-14-5-2-6-15-28)33-17-8-10-19-35(33)41;1-7-5-3-2-4-6-7;1-3-5-4-2;1-3-4-2/h1-26H;2-6H,1H3;3-5H,1H2,2H3;3-4H,1-2H2/b;;5-4-;. The molecule has 0 atom stereocenters. The molecule has 0 N–H and O–H groups in total. The monoisotopic (exact) mass is 800 g/mol. The van der Waals surface area contributed by atoms with Crippen molar-refractivity contribution < 1.29 is 8.83 Å². The molecule has 0 aliphatic carbocycles. The second-order valence-electron chi connectivity index (χ2n) is 14.9. The molecule has 0 aliphatic rings. The summed E-state index contributed by atoms with van der Waals surface area (Å²) in [5, 5.41) is 9.23. The van der Waals surface area contributed by atoms with Crippen LogP contribution in [-0.4, -0.2) is 0 Å². The van der Waals surface area contributed by atoms with Gasteiger partial charge in [0.1, 0.15) is 11.2 Å². The van der Waals surface area contributed by atoms with Gasteiger partial charge in [0.2, 0.25) is 0 Å². The molecule has 0 radical (unpaired) electrons. The Bertz CT molecular complexity index is 3280. The van der Waals surface area contributed by atoms with Crippen molar-refractivity contribution in [3.63, 3.8) is 0 Å². The fraction of sp³-hybridized carbons (Fsp3) is 0.0333. The van der Waals surface area contributed by atoms with E-state index in [0.717, 1.165) is 60.6 Å². The van der Waals surface area contributed by atoms with Crippen LogP contribution in [0.3, 0.4) is 0 Å². The molecule has 9 aromatic carbocycles. The van der Waals surface area contributed by atoms with Crippen LogP contribution in [0.5, 0.6) is 0 Å². The number of para-hydroxylation sites is 1. The molecule has 2 heterocycles. The zero-order chi connectivity index (χ0) is 42.8. The molecule has 11 rings (SSSR count). The molecule has 2 heteroatoms. The van der Waals surface area contributed by atoms with Gasteiger partial charge >= 0.3 is 0 Å². The van der Waals surface area contributed by atoms with Crippen molar-refractivity contribution in [3.8, 4) is 33.4 Å². The van der Waals surface area contributed by atoms with Crippen LogP contribution in [0.25, 0.3) is 98.8 Å². The fourth-order valence-electron chi connectivity index (χ4n) is 8.12. The number of furan rings is 2. The lowest BCUT2D eigenvalue weighted by Gasteiger charge is -2.17. The van der Waals surface area contributed by atoms with Crippen molar-refractivity contribution in [2.75, 3.05) is 0 Å². The van der Waals surface area contributed by atoms with Crippen molar-refractivity contribution in [2.45, 2.75) is 13.8 Å². The Labute approximate surface area is 363 Å². The van der Waals surface area contributed by atoms with Crippen LogP contribution < -0.4 is 0 Å². The summed E-state index contributed by atoms with van der Waals surface area (Å²) in [6.07, 6.45) is 8.85. The topological polar surface area (TPSA) is 26.3 Å². The van der Waals surface area contributed by atoms with Crippen LogP contribution in [-0.2, 0) is 0 Å². The van der Waals surface area contributed by atoms with Gasteiger partial charge in [-0.2, -0.15) is 0 Å². The van der Waals surface area contributed by atoms with Gasteiger partial charge < -0.3 is 8.83 Å². The molecule has 0 amide bonds. The molecule has 0 spiro atoms. The van der Waals surface area contributed by atoms with Gasteiger partial charge in [-0.1, -0.05) is 219 Å². The number of rotatable bonds is 5. The summed E-state index contributed by atoms with van der Waals surface area (Å²) < 4.78 is 13.4. The maximum atomic E-state index is 6.73. The second kappa shape index (κ2) is 19.0. The summed E-state index contributed by atoms with van der Waals surface area (Å²) in [6, 6.07) is 66.3. The smallest absolute Gasteiger partial charge is 0.178 e. The lowest BCUT2D eigenvalue weighted by molar-refractivity contribution is 0.634. The molecule has 0 aliphatic heterocycles. The molecule has 0 saturated heterocycles. The predicted octanol–water partition coefficient (Wildman–Crippen LogP) is 17.9. The minimum Gasteiger partial charge on any atom is -0.452 e. The zero-order valence-electron chi connectivity index (χ0n) is 35.2. The first-order valence-corrected chi connectivity index (χ1v) is 20.9. The van der Waals surface area contributed by atoms with E-state index in [2.05, 4.69) is 190 Å². The highest BCUT2D eigenvalue weighted by Crippen LogP contribution is 2.46. The van der Waals surface area contributed by atoms with Crippen molar-refractivity contribution in [3.05, 3.63) is 244 Å². The average molecular weight is 801 g/mol. The highest BCUT2D eigenvalue weighted by molar-refractivity contribution is 6.23. The Morgan fingerprint density at radius 3 is 1.32 bits per heavy atom. The number of fused-ring (bicyclic) bond motifs is 9. The number of allylic oxidation sites excluding steroid dienone is 5. The molecule has 2 nitrogen and oxygen atoms in total. The van der Waals surface area contributed by atoms with Gasteiger partial charge in [-0.25, -0.2) is 0 Å². The fourth-order valence-corrected chi connectivity index (χ4v) is 8.12. The van der Waals surface area contributed by atoms with E-state index >= 15 is 0 Å². The third kappa shape index (κ3) is 8.15. The van der Waals surface area contributed by atoms with E-state index in [-0.39, 0.29) is 0 Å². The van der Waals surface area contributed by atoms with Crippen LogP contribution >= 0.6 is 0 Å². The molecular weight excluding hydrogens is 753 g/mol. The summed E-state index contributed by atoms with van der Waals surface area (Å²) in [7, 11) is 0. The first kappa shape index (κ1) is 40.8. The Morgan fingerprint density at radius 2 is 0.823 bits per heavy atom. The molecule has 62 heavy (non-hydrogen) atoms. The van der Waals surface area contributed by atoms with E-state index in [9.17, 15) is 0 Å². The van der Waals surface area contributed by atoms with E-state index in [4.69, 9.17) is 8.83 Å². The van der Waals surface area contributed by atoms with Crippen molar-refractivity contribution in [1.29, 1.82) is 0 Å². The highest BCUT2D eigenvalue weighted by Gasteiger charge is 2.20. The van der Waals surface area contributed by atoms with Crippen LogP contribution in [0.4, 0.5) is 0 Å². The number of hydrogen-bond donors (Lipinski definition) is 0. The van der Waals surface area contributed by atoms with Gasteiger partial charge in [-0.15, -0.1) is 0 Å². The normalized spacial score (nSPS) is 10.9. The SMILES string of the molecule is C=C/C=C\C.C=CC=C.Cc1ccccc1.c1ccc(-c2c3ccccc3c(-c3ccc4c(c3)oc3c4ccc4c5cccc(-c6ccccc6)c5oc43)c3ccccc23)cc1. The summed E-state index contributed by atoms with van der Waals surface area (Å²) in [5.74, 6) is 0. The van der Waals surface area contributed by atoms with Crippen LogP contribution in [0, 0.1) is 6.92 Å². The molecular formula is C60H48O2. The summed E-state index contributed by atoms with van der Waals surface area (Å²) in [6.45, 7) is 14.2. The molecule has 0 bridgehead atoms. The molecule has 2 aromatic heterocycles. The van der Waals surface area contributed by atoms with Crippen LogP contribution in [0.15, 0.2) is 247 Å². The summed E-state index contributed by atoms with van der Waals surface area (Å²) in [5.41, 5.74) is 11.7. The maximum Gasteiger partial charge on any atom is 0.178 e. The van der Waals surface area contributed by atoms with Crippen molar-refractivity contribution in [2.24, 2.45) is 0 Å². The zero-order valence-corrected chi connectivity index (χ0v) is 35.2. The molecule has 300 valence electrons. The van der Waals surface area contributed by atoms with Crippen LogP contribution in [0.1, 0.15) is 12.5 Å². The van der Waals surface area contributed by atoms with E-state index in [1.807, 2.05) is 43.3 Å². The van der Waals surface area contributed by atoms with Gasteiger partial charge in [-0.05, 0) is 87.5 Å². The Morgan fingerprint density at radius 1 is 0.371 bits per heavy atom. The van der Waals surface area contributed by atoms with Crippen molar-refractivity contribution >= 4 is 65.4 Å². The van der Waals surface area contributed by atoms with Crippen molar-refractivity contribution in [1.82, 2.24) is 0 Å². The van der Waals surface area contributed by atoms with E-state index in [1.54, 1.807) is 18.2 Å². The van der Waals surface area contributed by atoms with Gasteiger partial charge in [0, 0.05) is 27.1 Å². The van der Waals surface area contributed by atoms with E-state index in [0.29, 0.717) is 0 Å². The van der Waals surface area contributed by atoms with E-state index < -0.39 is 0 Å². The van der Waals surface area contributed by atoms with Gasteiger partial charge in [0.25, 0.3) is 0 Å². The molecule has 0 saturated carbocycles. The quantitative estimate of drug-likeness (QED) is 0.128. The minimum absolute atomic E-state index is 0.786. The Kier molecular flexibility index (Phi) is 12.5. The first-order chi connectivity index (χ1) is 30.6. The molecule has 0 fully saturated rings. The second-order valence-corrected chi connectivity index (χ2v) is 14.9. The summed E-state index contributed by atoms with van der Waals surface area (Å²) >= 11 is 0. The van der Waals surface area contributed by atoms with Crippen LogP contribution in [0.2, 0.25) is 0 Å². The Hall–Kier alpha value is -7.94. The predicted molar refractivity (Wildman–Crippen MR) is 269 cm³/mol. The molecule has 0 unspecified atom stereocenters. The minimum atomic E-state index is 0.786. The third-order valence-corrected chi connectivity index (χ3v) is 10.9. The maximum absolute atomic E-state index is 6.73. The highest BCUT2D eigenvalue weighted by atomic mass is 16.4. The first-order valence-electron chi connectivity index (χ1n) is 20.9. The number of hydrogen-bond acceptors (Lipinski definition) is 2. The van der Waals surface area contributed by atoms with Gasteiger partial charge in [-0.3, -0.25) is 0 Å². The number of benzene rings is 9. The lowest BCUT2D eigenvalue weighted by atomic mass is 9.86. The summed E-state index contributed by atoms with van der Waals surface area (Å²) in [4.78, 5) is 0. The van der Waals surface area contributed by atoms with Gasteiger partial charge in [0.05, 0.1) is 0 Å².